The highest BCUT2D eigenvalue weighted by molar-refractivity contribution is 5.85. The van der Waals surface area contributed by atoms with Gasteiger partial charge < -0.3 is 5.11 Å². The van der Waals surface area contributed by atoms with E-state index in [4.69, 9.17) is 5.11 Å². The van der Waals surface area contributed by atoms with Gasteiger partial charge in [-0.1, -0.05) is 42.5 Å². The van der Waals surface area contributed by atoms with Gasteiger partial charge in [0, 0.05) is 6.08 Å². The van der Waals surface area contributed by atoms with Crippen LogP contribution in [0.5, 0.6) is 0 Å². The van der Waals surface area contributed by atoms with Gasteiger partial charge in [0.15, 0.2) is 0 Å². The topological polar surface area (TPSA) is 37.3 Å². The zero-order valence-corrected chi connectivity index (χ0v) is 9.84. The number of aliphatic carboxylic acids is 1. The van der Waals surface area contributed by atoms with Gasteiger partial charge in [-0.25, -0.2) is 4.79 Å². The number of rotatable bonds is 3. The number of hydrogen-bond acceptors (Lipinski definition) is 1. The Balaban J connectivity index is 2.35. The predicted molar refractivity (Wildman–Crippen MR) is 73.0 cm³/mol. The third-order valence-electron chi connectivity index (χ3n) is 2.57. The minimum absolute atomic E-state index is 0.865. The third-order valence-corrected chi connectivity index (χ3v) is 2.57. The molecule has 0 saturated heterocycles. The van der Waals surface area contributed by atoms with Gasteiger partial charge in [0.05, 0.1) is 0 Å². The molecular weight excluding hydrogens is 224 g/mol. The molecule has 89 valence electrons. The van der Waals surface area contributed by atoms with Crippen LogP contribution in [0.25, 0.3) is 17.2 Å². The normalized spacial score (nSPS) is 10.7. The van der Waals surface area contributed by atoms with E-state index in [-0.39, 0.29) is 0 Å². The van der Waals surface area contributed by atoms with Gasteiger partial charge in [0.25, 0.3) is 0 Å². The van der Waals surface area contributed by atoms with Gasteiger partial charge in [0.2, 0.25) is 0 Å². The molecule has 2 nitrogen and oxygen atoms in total. The fourth-order valence-corrected chi connectivity index (χ4v) is 1.74. The number of carboxylic acids is 1. The molecule has 0 aliphatic rings. The Labute approximate surface area is 106 Å². The summed E-state index contributed by atoms with van der Waals surface area (Å²) in [5.41, 5.74) is 3.95. The molecule has 2 aromatic carbocycles. The summed E-state index contributed by atoms with van der Waals surface area (Å²) in [6.45, 7) is 3.90. The molecule has 0 aliphatic heterocycles. The highest BCUT2D eigenvalue weighted by Crippen LogP contribution is 2.21. The predicted octanol–water partition coefficient (Wildman–Crippen LogP) is 3.63. The molecule has 2 rings (SSSR count). The highest BCUT2D eigenvalue weighted by Gasteiger charge is 1.98. The molecular formula is C16H13O2. The minimum atomic E-state index is -0.944. The average Bonchev–Trinajstić information content (AvgIpc) is 2.37. The van der Waals surface area contributed by atoms with Crippen LogP contribution in [0.3, 0.4) is 0 Å². The molecule has 2 heteroatoms. The summed E-state index contributed by atoms with van der Waals surface area (Å²) in [5.74, 6) is -0.944. The summed E-state index contributed by atoms with van der Waals surface area (Å²) in [6, 6.07) is 15.6. The Morgan fingerprint density at radius 1 is 1.06 bits per heavy atom. The Kier molecular flexibility index (Phi) is 3.58. The van der Waals surface area contributed by atoms with E-state index < -0.39 is 5.97 Å². The summed E-state index contributed by atoms with van der Waals surface area (Å²) < 4.78 is 0. The van der Waals surface area contributed by atoms with Crippen molar-refractivity contribution in [2.75, 3.05) is 0 Å². The summed E-state index contributed by atoms with van der Waals surface area (Å²) in [5, 5.41) is 8.60. The van der Waals surface area contributed by atoms with Crippen molar-refractivity contribution in [1.29, 1.82) is 0 Å². The number of carboxylic acid groups (broad SMARTS) is 1. The van der Waals surface area contributed by atoms with Crippen LogP contribution in [0.15, 0.2) is 54.6 Å². The second-order valence-electron chi connectivity index (χ2n) is 4.00. The summed E-state index contributed by atoms with van der Waals surface area (Å²) in [4.78, 5) is 10.5. The van der Waals surface area contributed by atoms with E-state index in [0.717, 1.165) is 28.3 Å². The van der Waals surface area contributed by atoms with Crippen LogP contribution in [0.2, 0.25) is 0 Å². The molecule has 0 saturated carbocycles. The van der Waals surface area contributed by atoms with Gasteiger partial charge >= 0.3 is 5.97 Å². The second-order valence-corrected chi connectivity index (χ2v) is 4.00. The van der Waals surface area contributed by atoms with Crippen LogP contribution in [-0.2, 0) is 4.79 Å². The maximum Gasteiger partial charge on any atom is 0.328 e. The number of benzene rings is 2. The first kappa shape index (κ1) is 12.1. The number of hydrogen-bond donors (Lipinski definition) is 1. The zero-order chi connectivity index (χ0) is 13.0. The number of carbonyl (C=O) groups is 1. The van der Waals surface area contributed by atoms with Crippen molar-refractivity contribution in [1.82, 2.24) is 0 Å². The van der Waals surface area contributed by atoms with Crippen molar-refractivity contribution in [2.45, 2.75) is 0 Å². The van der Waals surface area contributed by atoms with Gasteiger partial charge in [-0.3, -0.25) is 0 Å². The molecule has 18 heavy (non-hydrogen) atoms. The monoisotopic (exact) mass is 237 g/mol. The first-order valence-corrected chi connectivity index (χ1v) is 5.58. The van der Waals surface area contributed by atoms with Crippen molar-refractivity contribution in [2.24, 2.45) is 0 Å². The first-order valence-electron chi connectivity index (χ1n) is 5.58. The molecule has 0 aromatic heterocycles. The molecule has 2 aromatic rings. The summed E-state index contributed by atoms with van der Waals surface area (Å²) in [7, 11) is 0. The SMILES string of the molecule is [CH2]c1cccc(-c2cccc(C=CC(=O)O)c2)c1. The van der Waals surface area contributed by atoms with Crippen LogP contribution in [-0.4, -0.2) is 11.1 Å². The first-order chi connectivity index (χ1) is 8.65. The fourth-order valence-electron chi connectivity index (χ4n) is 1.74. The Hall–Kier alpha value is -2.35. The van der Waals surface area contributed by atoms with Crippen molar-refractivity contribution in [3.8, 4) is 11.1 Å². The standard InChI is InChI=1S/C16H13O2/c1-12-4-2-6-14(10-12)15-7-3-5-13(11-15)8-9-16(17)18/h2-11H,1H2,(H,17,18). The Morgan fingerprint density at radius 2 is 1.72 bits per heavy atom. The van der Waals surface area contributed by atoms with Gasteiger partial charge in [-0.15, -0.1) is 0 Å². The maximum atomic E-state index is 10.5. The fraction of sp³-hybridized carbons (Fsp3) is 0. The van der Waals surface area contributed by atoms with E-state index in [1.54, 1.807) is 6.08 Å². The third kappa shape index (κ3) is 3.08. The van der Waals surface area contributed by atoms with Crippen LogP contribution in [0, 0.1) is 6.92 Å². The molecule has 0 bridgehead atoms. The lowest BCUT2D eigenvalue weighted by molar-refractivity contribution is -0.131. The van der Waals surface area contributed by atoms with Crippen molar-refractivity contribution < 1.29 is 9.90 Å². The van der Waals surface area contributed by atoms with E-state index in [0.29, 0.717) is 0 Å². The second kappa shape index (κ2) is 5.32. The lowest BCUT2D eigenvalue weighted by Gasteiger charge is -2.04. The minimum Gasteiger partial charge on any atom is -0.478 e. The average molecular weight is 237 g/mol. The summed E-state index contributed by atoms with van der Waals surface area (Å²) >= 11 is 0. The van der Waals surface area contributed by atoms with Crippen molar-refractivity contribution >= 4 is 12.0 Å². The van der Waals surface area contributed by atoms with Crippen LogP contribution < -0.4 is 0 Å². The van der Waals surface area contributed by atoms with Crippen LogP contribution >= 0.6 is 0 Å². The quantitative estimate of drug-likeness (QED) is 0.827. The van der Waals surface area contributed by atoms with E-state index in [9.17, 15) is 4.79 Å². The van der Waals surface area contributed by atoms with Crippen molar-refractivity contribution in [3.05, 3.63) is 72.7 Å². The molecule has 0 amide bonds. The van der Waals surface area contributed by atoms with E-state index in [2.05, 4.69) is 6.92 Å². The maximum absolute atomic E-state index is 10.5. The van der Waals surface area contributed by atoms with Gasteiger partial charge in [-0.05, 0) is 41.3 Å². The summed E-state index contributed by atoms with van der Waals surface area (Å²) in [6.07, 6.45) is 2.72. The Morgan fingerprint density at radius 3 is 2.39 bits per heavy atom. The molecule has 1 N–H and O–H groups in total. The Bertz CT molecular complexity index is 598. The van der Waals surface area contributed by atoms with Crippen LogP contribution in [0.4, 0.5) is 0 Å². The highest BCUT2D eigenvalue weighted by atomic mass is 16.4. The molecule has 0 atom stereocenters. The van der Waals surface area contributed by atoms with Gasteiger partial charge in [-0.2, -0.15) is 0 Å². The van der Waals surface area contributed by atoms with Crippen LogP contribution in [0.1, 0.15) is 11.1 Å². The zero-order valence-electron chi connectivity index (χ0n) is 9.84. The largest absolute Gasteiger partial charge is 0.478 e. The van der Waals surface area contributed by atoms with Crippen molar-refractivity contribution in [3.63, 3.8) is 0 Å². The lowest BCUT2D eigenvalue weighted by Crippen LogP contribution is -1.86. The molecule has 1 radical (unpaired) electrons. The van der Waals surface area contributed by atoms with Gasteiger partial charge in [0.1, 0.15) is 0 Å². The lowest BCUT2D eigenvalue weighted by atomic mass is 10.0. The smallest absolute Gasteiger partial charge is 0.328 e. The van der Waals surface area contributed by atoms with E-state index >= 15 is 0 Å². The van der Waals surface area contributed by atoms with E-state index in [1.165, 1.54) is 0 Å². The van der Waals surface area contributed by atoms with E-state index in [1.807, 2.05) is 48.5 Å². The molecule has 0 unspecified atom stereocenters. The molecule has 0 aliphatic carbocycles. The molecule has 0 heterocycles. The molecule has 0 fully saturated rings. The molecule has 0 spiro atoms.